The van der Waals surface area contributed by atoms with Gasteiger partial charge in [-0.15, -0.1) is 0 Å². The molecule has 8 heteroatoms. The first kappa shape index (κ1) is 18.1. The lowest BCUT2D eigenvalue weighted by Crippen LogP contribution is -2.42. The normalized spacial score (nSPS) is 14.3. The van der Waals surface area contributed by atoms with Gasteiger partial charge in [0.15, 0.2) is 0 Å². The largest absolute Gasteiger partial charge is 0.478 e. The van der Waals surface area contributed by atoms with Crippen molar-refractivity contribution in [3.63, 3.8) is 0 Å². The van der Waals surface area contributed by atoms with Gasteiger partial charge in [-0.05, 0) is 36.5 Å². The third-order valence-electron chi connectivity index (χ3n) is 3.77. The van der Waals surface area contributed by atoms with Gasteiger partial charge in [0.05, 0.1) is 12.0 Å². The molecule has 0 bridgehead atoms. The Balaban J connectivity index is 1.87. The van der Waals surface area contributed by atoms with E-state index in [2.05, 4.69) is 5.32 Å². The lowest BCUT2D eigenvalue weighted by atomic mass is 10.1. The van der Waals surface area contributed by atoms with Gasteiger partial charge >= 0.3 is 18.2 Å². The fourth-order valence-corrected chi connectivity index (χ4v) is 2.20. The predicted octanol–water partition coefficient (Wildman–Crippen LogP) is 3.26. The summed E-state index contributed by atoms with van der Waals surface area (Å²) in [6, 6.07) is 5.41. The highest BCUT2D eigenvalue weighted by atomic mass is 19.4. The number of nitrogens with zero attached hydrogens (tertiary/aromatic N) is 1. The Bertz CT molecular complexity index is 583. The van der Waals surface area contributed by atoms with Crippen LogP contribution in [0.2, 0.25) is 0 Å². The SMILES string of the molecule is O=C(O)c1ccc(CNC(=O)N(CCC(F)(F)F)CC2CC2)cc1. The van der Waals surface area contributed by atoms with Gasteiger partial charge in [-0.2, -0.15) is 13.2 Å². The molecular weight excluding hydrogens is 325 g/mol. The van der Waals surface area contributed by atoms with Crippen LogP contribution in [0, 0.1) is 5.92 Å². The lowest BCUT2D eigenvalue weighted by molar-refractivity contribution is -0.136. The van der Waals surface area contributed by atoms with Gasteiger partial charge in [0.2, 0.25) is 0 Å². The molecule has 1 fully saturated rings. The average Bonchev–Trinajstić information content (AvgIpc) is 3.32. The minimum atomic E-state index is -4.30. The summed E-state index contributed by atoms with van der Waals surface area (Å²) in [4.78, 5) is 24.1. The molecule has 0 aromatic heterocycles. The van der Waals surface area contributed by atoms with Crippen LogP contribution in [0.3, 0.4) is 0 Å². The first-order chi connectivity index (χ1) is 11.2. The van der Waals surface area contributed by atoms with E-state index in [0.717, 1.165) is 12.8 Å². The van der Waals surface area contributed by atoms with Crippen LogP contribution in [0.25, 0.3) is 0 Å². The quantitative estimate of drug-likeness (QED) is 0.798. The van der Waals surface area contributed by atoms with E-state index in [1.54, 1.807) is 12.1 Å². The van der Waals surface area contributed by atoms with Crippen LogP contribution in [-0.2, 0) is 6.54 Å². The van der Waals surface area contributed by atoms with Crippen molar-refractivity contribution in [2.24, 2.45) is 5.92 Å². The molecule has 1 aromatic carbocycles. The molecule has 1 aromatic rings. The zero-order valence-corrected chi connectivity index (χ0v) is 13.0. The first-order valence-corrected chi connectivity index (χ1v) is 7.66. The topological polar surface area (TPSA) is 69.6 Å². The Morgan fingerprint density at radius 3 is 2.33 bits per heavy atom. The first-order valence-electron chi connectivity index (χ1n) is 7.66. The number of carboxylic acids is 1. The molecule has 2 N–H and O–H groups in total. The Morgan fingerprint density at radius 1 is 1.21 bits per heavy atom. The number of halogens is 3. The standard InChI is InChI=1S/C16H19F3N2O3/c17-16(18,19)7-8-21(10-12-1-2-12)15(24)20-9-11-3-5-13(6-4-11)14(22)23/h3-6,12H,1-2,7-10H2,(H,20,24)(H,22,23). The minimum Gasteiger partial charge on any atom is -0.478 e. The maximum Gasteiger partial charge on any atom is 0.390 e. The van der Waals surface area contributed by atoms with Crippen LogP contribution in [0.5, 0.6) is 0 Å². The van der Waals surface area contributed by atoms with Crippen LogP contribution in [0.15, 0.2) is 24.3 Å². The number of aromatic carboxylic acids is 1. The number of benzene rings is 1. The predicted molar refractivity (Wildman–Crippen MR) is 80.6 cm³/mol. The number of nitrogens with one attached hydrogen (secondary N) is 1. The monoisotopic (exact) mass is 344 g/mol. The minimum absolute atomic E-state index is 0.130. The summed E-state index contributed by atoms with van der Waals surface area (Å²) in [5.74, 6) is -0.757. The summed E-state index contributed by atoms with van der Waals surface area (Å²) in [5, 5.41) is 11.4. The third-order valence-corrected chi connectivity index (χ3v) is 3.77. The van der Waals surface area contributed by atoms with Crippen molar-refractivity contribution in [3.05, 3.63) is 35.4 Å². The number of amides is 2. The molecule has 5 nitrogen and oxygen atoms in total. The number of rotatable bonds is 7. The number of hydrogen-bond acceptors (Lipinski definition) is 2. The van der Waals surface area contributed by atoms with Gasteiger partial charge < -0.3 is 15.3 Å². The molecule has 0 radical (unpaired) electrons. The molecule has 1 aliphatic carbocycles. The van der Waals surface area contributed by atoms with Crippen molar-refractivity contribution in [2.75, 3.05) is 13.1 Å². The Labute approximate surface area is 137 Å². The smallest absolute Gasteiger partial charge is 0.390 e. The van der Waals surface area contributed by atoms with Gasteiger partial charge in [-0.3, -0.25) is 0 Å². The summed E-state index contributed by atoms with van der Waals surface area (Å²) >= 11 is 0. The summed E-state index contributed by atoms with van der Waals surface area (Å²) in [7, 11) is 0. The molecule has 0 unspecified atom stereocenters. The van der Waals surface area contributed by atoms with E-state index < -0.39 is 24.6 Å². The van der Waals surface area contributed by atoms with Crippen LogP contribution in [-0.4, -0.2) is 41.3 Å². The van der Waals surface area contributed by atoms with Crippen molar-refractivity contribution >= 4 is 12.0 Å². The number of alkyl halides is 3. The molecule has 2 rings (SSSR count). The fourth-order valence-electron chi connectivity index (χ4n) is 2.20. The summed E-state index contributed by atoms with van der Waals surface area (Å²) in [5.41, 5.74) is 0.807. The summed E-state index contributed by atoms with van der Waals surface area (Å²) in [6.45, 7) is 0.107. The molecule has 2 amide bonds. The average molecular weight is 344 g/mol. The molecule has 0 atom stereocenters. The highest BCUT2D eigenvalue weighted by Crippen LogP contribution is 2.30. The summed E-state index contributed by atoms with van der Waals surface area (Å²) < 4.78 is 37.1. The van der Waals surface area contributed by atoms with E-state index in [9.17, 15) is 22.8 Å². The second kappa shape index (κ2) is 7.55. The van der Waals surface area contributed by atoms with E-state index in [4.69, 9.17) is 5.11 Å². The zero-order valence-electron chi connectivity index (χ0n) is 13.0. The Morgan fingerprint density at radius 2 is 1.83 bits per heavy atom. The Kier molecular flexibility index (Phi) is 5.69. The van der Waals surface area contributed by atoms with Crippen molar-refractivity contribution in [1.82, 2.24) is 10.2 Å². The highest BCUT2D eigenvalue weighted by molar-refractivity contribution is 5.87. The number of carboxylic acid groups (broad SMARTS) is 1. The molecule has 0 spiro atoms. The van der Waals surface area contributed by atoms with Gasteiger partial charge in [0, 0.05) is 19.6 Å². The van der Waals surface area contributed by atoms with Crippen LogP contribution in [0.4, 0.5) is 18.0 Å². The van der Waals surface area contributed by atoms with Gasteiger partial charge in [-0.25, -0.2) is 9.59 Å². The summed E-state index contributed by atoms with van der Waals surface area (Å²) in [6.07, 6.45) is -3.45. The van der Waals surface area contributed by atoms with Gasteiger partial charge in [-0.1, -0.05) is 12.1 Å². The zero-order chi connectivity index (χ0) is 17.7. The number of hydrogen-bond donors (Lipinski definition) is 2. The van der Waals surface area contributed by atoms with Crippen molar-refractivity contribution in [2.45, 2.75) is 32.0 Å². The molecule has 1 saturated carbocycles. The van der Waals surface area contributed by atoms with Crippen LogP contribution >= 0.6 is 0 Å². The number of carbonyl (C=O) groups is 2. The number of carbonyl (C=O) groups excluding carboxylic acids is 1. The maximum absolute atomic E-state index is 12.4. The second-order valence-electron chi connectivity index (χ2n) is 5.92. The Hall–Kier alpha value is -2.25. The van der Waals surface area contributed by atoms with E-state index in [1.165, 1.54) is 17.0 Å². The molecular formula is C16H19F3N2O3. The van der Waals surface area contributed by atoms with Crippen LogP contribution < -0.4 is 5.32 Å². The van der Waals surface area contributed by atoms with E-state index >= 15 is 0 Å². The van der Waals surface area contributed by atoms with Crippen molar-refractivity contribution in [3.8, 4) is 0 Å². The van der Waals surface area contributed by atoms with Gasteiger partial charge in [0.25, 0.3) is 0 Å². The maximum atomic E-state index is 12.4. The number of urea groups is 1. The molecule has 0 aliphatic heterocycles. The second-order valence-corrected chi connectivity index (χ2v) is 5.92. The fraction of sp³-hybridized carbons (Fsp3) is 0.500. The van der Waals surface area contributed by atoms with E-state index in [0.29, 0.717) is 18.0 Å². The molecule has 132 valence electrons. The molecule has 0 heterocycles. The molecule has 24 heavy (non-hydrogen) atoms. The highest BCUT2D eigenvalue weighted by Gasteiger charge is 2.31. The van der Waals surface area contributed by atoms with Crippen LogP contribution in [0.1, 0.15) is 35.2 Å². The molecule has 1 aliphatic rings. The van der Waals surface area contributed by atoms with E-state index in [1.807, 2.05) is 0 Å². The lowest BCUT2D eigenvalue weighted by Gasteiger charge is -2.23. The van der Waals surface area contributed by atoms with Gasteiger partial charge in [0.1, 0.15) is 0 Å². The third kappa shape index (κ3) is 6.10. The van der Waals surface area contributed by atoms with Crippen molar-refractivity contribution < 1.29 is 27.9 Å². The molecule has 0 saturated heterocycles. The van der Waals surface area contributed by atoms with E-state index in [-0.39, 0.29) is 18.7 Å². The van der Waals surface area contributed by atoms with Crippen molar-refractivity contribution in [1.29, 1.82) is 0 Å².